The lowest BCUT2D eigenvalue weighted by Gasteiger charge is -2.52. The second kappa shape index (κ2) is 5.66. The summed E-state index contributed by atoms with van der Waals surface area (Å²) in [5, 5.41) is 0. The van der Waals surface area contributed by atoms with E-state index in [9.17, 15) is 13.2 Å². The summed E-state index contributed by atoms with van der Waals surface area (Å²) in [7, 11) is -3.12. The molecule has 1 spiro atoms. The standard InChI is InChI=1S/C16H22N2O3S/c1-22(20,21)15-4-2-14(3-5-15)10-17-8-6-16(7-9-17)11-18(12-16)13-19/h2-5,13H,6-12H2,1H3. The minimum Gasteiger partial charge on any atom is -0.344 e. The fourth-order valence-corrected chi connectivity index (χ4v) is 4.12. The van der Waals surface area contributed by atoms with E-state index < -0.39 is 9.84 Å². The summed E-state index contributed by atoms with van der Waals surface area (Å²) in [5.41, 5.74) is 1.50. The number of nitrogens with zero attached hydrogens (tertiary/aromatic N) is 2. The van der Waals surface area contributed by atoms with Crippen LogP contribution < -0.4 is 0 Å². The first kappa shape index (κ1) is 15.5. The van der Waals surface area contributed by atoms with E-state index in [4.69, 9.17) is 0 Å². The van der Waals surface area contributed by atoms with E-state index in [0.29, 0.717) is 10.3 Å². The number of carbonyl (C=O) groups is 1. The number of rotatable bonds is 4. The average molecular weight is 322 g/mol. The minimum atomic E-state index is -3.12. The number of hydrogen-bond acceptors (Lipinski definition) is 4. The Balaban J connectivity index is 1.54. The molecular formula is C16H22N2O3S. The molecule has 6 heteroatoms. The van der Waals surface area contributed by atoms with Crippen LogP contribution in [0, 0.1) is 5.41 Å². The summed E-state index contributed by atoms with van der Waals surface area (Å²) in [6, 6.07) is 7.17. The summed E-state index contributed by atoms with van der Waals surface area (Å²) in [6.45, 7) is 4.76. The van der Waals surface area contributed by atoms with Gasteiger partial charge in [0.25, 0.3) is 0 Å². The van der Waals surface area contributed by atoms with Crippen molar-refractivity contribution in [1.82, 2.24) is 9.80 Å². The first-order valence-corrected chi connectivity index (χ1v) is 9.50. The highest BCUT2D eigenvalue weighted by Gasteiger charge is 2.44. The third-order valence-corrected chi connectivity index (χ3v) is 6.03. The van der Waals surface area contributed by atoms with Crippen molar-refractivity contribution in [3.63, 3.8) is 0 Å². The fourth-order valence-electron chi connectivity index (χ4n) is 3.49. The molecule has 0 N–H and O–H groups in total. The molecule has 2 fully saturated rings. The van der Waals surface area contributed by atoms with Crippen molar-refractivity contribution in [2.75, 3.05) is 32.4 Å². The van der Waals surface area contributed by atoms with Crippen LogP contribution in [0.1, 0.15) is 18.4 Å². The van der Waals surface area contributed by atoms with E-state index in [1.54, 1.807) is 12.1 Å². The van der Waals surface area contributed by atoms with Crippen LogP contribution in [0.2, 0.25) is 0 Å². The lowest BCUT2D eigenvalue weighted by atomic mass is 9.72. The quantitative estimate of drug-likeness (QED) is 0.780. The van der Waals surface area contributed by atoms with Gasteiger partial charge in [-0.1, -0.05) is 12.1 Å². The number of carbonyl (C=O) groups excluding carboxylic acids is 1. The monoisotopic (exact) mass is 322 g/mol. The zero-order chi connectivity index (χ0) is 15.8. The predicted octanol–water partition coefficient (Wildman–Crippen LogP) is 1.14. The lowest BCUT2D eigenvalue weighted by Crippen LogP contribution is -2.59. The topological polar surface area (TPSA) is 57.7 Å². The van der Waals surface area contributed by atoms with Crippen LogP contribution in [-0.2, 0) is 21.2 Å². The summed E-state index contributed by atoms with van der Waals surface area (Å²) >= 11 is 0. The van der Waals surface area contributed by atoms with E-state index >= 15 is 0 Å². The third-order valence-electron chi connectivity index (χ3n) is 4.90. The molecule has 120 valence electrons. The molecule has 1 aromatic rings. The van der Waals surface area contributed by atoms with Crippen LogP contribution in [-0.4, -0.2) is 57.1 Å². The minimum absolute atomic E-state index is 0.359. The number of benzene rings is 1. The summed E-state index contributed by atoms with van der Waals surface area (Å²) in [6.07, 6.45) is 4.45. The van der Waals surface area contributed by atoms with Crippen LogP contribution in [0.25, 0.3) is 0 Å². The van der Waals surface area contributed by atoms with E-state index in [0.717, 1.165) is 57.5 Å². The van der Waals surface area contributed by atoms with Crippen LogP contribution in [0.15, 0.2) is 29.2 Å². The van der Waals surface area contributed by atoms with Crippen molar-refractivity contribution in [3.8, 4) is 0 Å². The zero-order valence-electron chi connectivity index (χ0n) is 12.9. The Labute approximate surface area is 131 Å². The molecule has 5 nitrogen and oxygen atoms in total. The van der Waals surface area contributed by atoms with Gasteiger partial charge in [0.2, 0.25) is 6.41 Å². The summed E-state index contributed by atoms with van der Waals surface area (Å²) < 4.78 is 22.9. The second-order valence-electron chi connectivity index (χ2n) is 6.70. The molecule has 2 saturated heterocycles. The maximum Gasteiger partial charge on any atom is 0.209 e. The first-order valence-electron chi connectivity index (χ1n) is 7.61. The number of amides is 1. The SMILES string of the molecule is CS(=O)(=O)c1ccc(CN2CCC3(CC2)CN(C=O)C3)cc1. The number of hydrogen-bond donors (Lipinski definition) is 0. The van der Waals surface area contributed by atoms with Crippen molar-refractivity contribution >= 4 is 16.2 Å². The van der Waals surface area contributed by atoms with Gasteiger partial charge in [-0.15, -0.1) is 0 Å². The molecule has 1 amide bonds. The molecule has 2 aliphatic heterocycles. The largest absolute Gasteiger partial charge is 0.344 e. The van der Waals surface area contributed by atoms with E-state index in [-0.39, 0.29) is 0 Å². The van der Waals surface area contributed by atoms with Crippen LogP contribution in [0.4, 0.5) is 0 Å². The number of likely N-dealkylation sites (tertiary alicyclic amines) is 2. The van der Waals surface area contributed by atoms with E-state index in [2.05, 4.69) is 4.90 Å². The van der Waals surface area contributed by atoms with Gasteiger partial charge in [0.1, 0.15) is 0 Å². The molecule has 0 bridgehead atoms. The van der Waals surface area contributed by atoms with Crippen molar-refractivity contribution in [3.05, 3.63) is 29.8 Å². The molecule has 0 atom stereocenters. The Bertz CT molecular complexity index is 638. The van der Waals surface area contributed by atoms with Gasteiger partial charge in [0.05, 0.1) is 4.90 Å². The Morgan fingerprint density at radius 1 is 1.14 bits per heavy atom. The lowest BCUT2D eigenvalue weighted by molar-refractivity contribution is -0.132. The molecule has 3 rings (SSSR count). The molecule has 0 aromatic heterocycles. The average Bonchev–Trinajstić information content (AvgIpc) is 2.45. The highest BCUT2D eigenvalue weighted by atomic mass is 32.2. The maximum atomic E-state index is 11.5. The molecular weight excluding hydrogens is 300 g/mol. The summed E-state index contributed by atoms with van der Waals surface area (Å²) in [5.74, 6) is 0. The Morgan fingerprint density at radius 2 is 1.73 bits per heavy atom. The van der Waals surface area contributed by atoms with Gasteiger partial charge in [-0.2, -0.15) is 0 Å². The normalized spacial score (nSPS) is 21.6. The Morgan fingerprint density at radius 3 is 2.23 bits per heavy atom. The van der Waals surface area contributed by atoms with Gasteiger partial charge >= 0.3 is 0 Å². The molecule has 2 aliphatic rings. The fraction of sp³-hybridized carbons (Fsp3) is 0.562. The van der Waals surface area contributed by atoms with Gasteiger partial charge in [0, 0.05) is 31.3 Å². The highest BCUT2D eigenvalue weighted by molar-refractivity contribution is 7.90. The van der Waals surface area contributed by atoms with E-state index in [1.807, 2.05) is 17.0 Å². The number of piperidine rings is 1. The molecule has 0 saturated carbocycles. The molecule has 0 radical (unpaired) electrons. The van der Waals surface area contributed by atoms with Gasteiger partial charge in [-0.05, 0) is 43.6 Å². The van der Waals surface area contributed by atoms with Crippen molar-refractivity contribution in [2.45, 2.75) is 24.3 Å². The molecule has 2 heterocycles. The van der Waals surface area contributed by atoms with Crippen LogP contribution >= 0.6 is 0 Å². The molecule has 1 aromatic carbocycles. The Hall–Kier alpha value is -1.40. The smallest absolute Gasteiger partial charge is 0.209 e. The van der Waals surface area contributed by atoms with Crippen molar-refractivity contribution in [2.24, 2.45) is 5.41 Å². The molecule has 22 heavy (non-hydrogen) atoms. The van der Waals surface area contributed by atoms with Gasteiger partial charge < -0.3 is 4.90 Å². The maximum absolute atomic E-state index is 11.5. The second-order valence-corrected chi connectivity index (χ2v) is 8.72. The third kappa shape index (κ3) is 3.17. The molecule has 0 aliphatic carbocycles. The van der Waals surface area contributed by atoms with Gasteiger partial charge in [-0.25, -0.2) is 8.42 Å². The van der Waals surface area contributed by atoms with Gasteiger partial charge in [-0.3, -0.25) is 9.69 Å². The van der Waals surface area contributed by atoms with Crippen molar-refractivity contribution < 1.29 is 13.2 Å². The van der Waals surface area contributed by atoms with E-state index in [1.165, 1.54) is 6.26 Å². The predicted molar refractivity (Wildman–Crippen MR) is 84.1 cm³/mol. The zero-order valence-corrected chi connectivity index (χ0v) is 13.7. The van der Waals surface area contributed by atoms with Gasteiger partial charge in [0.15, 0.2) is 9.84 Å². The molecule has 0 unspecified atom stereocenters. The van der Waals surface area contributed by atoms with Crippen LogP contribution in [0.3, 0.4) is 0 Å². The summed E-state index contributed by atoms with van der Waals surface area (Å²) in [4.78, 5) is 15.3. The highest BCUT2D eigenvalue weighted by Crippen LogP contribution is 2.39. The number of sulfone groups is 1. The van der Waals surface area contributed by atoms with Crippen LogP contribution in [0.5, 0.6) is 0 Å². The Kier molecular flexibility index (Phi) is 3.99. The first-order chi connectivity index (χ1) is 10.4. The van der Waals surface area contributed by atoms with Crippen molar-refractivity contribution in [1.29, 1.82) is 0 Å².